The molecule has 1 rings (SSSR count). The highest BCUT2D eigenvalue weighted by Crippen LogP contribution is 2.31. The van der Waals surface area contributed by atoms with E-state index in [1.165, 1.54) is 20.3 Å². The molecule has 86 valence electrons. The molecule has 0 heterocycles. The number of benzene rings is 1. The Morgan fingerprint density at radius 3 is 2.35 bits per heavy atom. The Hall–Kier alpha value is -2.53. The van der Waals surface area contributed by atoms with Crippen molar-refractivity contribution in [3.05, 3.63) is 23.8 Å². The molecule has 0 saturated heterocycles. The molecule has 5 heteroatoms. The summed E-state index contributed by atoms with van der Waals surface area (Å²) in [5, 5.41) is 17.4. The van der Waals surface area contributed by atoms with Gasteiger partial charge in [-0.05, 0) is 12.1 Å². The van der Waals surface area contributed by atoms with Gasteiger partial charge in [0.1, 0.15) is 0 Å². The van der Waals surface area contributed by atoms with Crippen LogP contribution in [0.2, 0.25) is 0 Å². The van der Waals surface area contributed by atoms with E-state index in [9.17, 15) is 4.79 Å². The highest BCUT2D eigenvalue weighted by molar-refractivity contribution is 6.03. The van der Waals surface area contributed by atoms with Crippen LogP contribution in [0.15, 0.2) is 18.2 Å². The number of hydrogen-bond acceptors (Lipinski definition) is 5. The number of nitrogens with zero attached hydrogens (tertiary/aromatic N) is 2. The second-order valence-corrected chi connectivity index (χ2v) is 3.10. The van der Waals surface area contributed by atoms with E-state index in [-0.39, 0.29) is 11.3 Å². The first-order valence-corrected chi connectivity index (χ1v) is 4.74. The number of ether oxygens (including phenoxy) is 2. The largest absolute Gasteiger partial charge is 0.493 e. The summed E-state index contributed by atoms with van der Waals surface area (Å²) in [6.45, 7) is 0. The number of para-hydroxylation sites is 1. The molecule has 17 heavy (non-hydrogen) atoms. The van der Waals surface area contributed by atoms with E-state index in [4.69, 9.17) is 20.0 Å². The molecule has 0 radical (unpaired) electrons. The zero-order chi connectivity index (χ0) is 12.8. The maximum absolute atomic E-state index is 11.9. The summed E-state index contributed by atoms with van der Waals surface area (Å²) in [5.74, 6) is -1.31. The van der Waals surface area contributed by atoms with E-state index in [2.05, 4.69) is 0 Å². The van der Waals surface area contributed by atoms with Gasteiger partial charge in [-0.15, -0.1) is 0 Å². The summed E-state index contributed by atoms with van der Waals surface area (Å²) in [7, 11) is 2.83. The van der Waals surface area contributed by atoms with E-state index in [1.54, 1.807) is 24.3 Å². The second kappa shape index (κ2) is 5.53. The van der Waals surface area contributed by atoms with E-state index in [0.717, 1.165) is 0 Å². The third-order valence-corrected chi connectivity index (χ3v) is 2.19. The fourth-order valence-corrected chi connectivity index (χ4v) is 1.38. The van der Waals surface area contributed by atoms with Gasteiger partial charge in [-0.2, -0.15) is 10.5 Å². The van der Waals surface area contributed by atoms with Crippen LogP contribution in [-0.4, -0.2) is 20.0 Å². The van der Waals surface area contributed by atoms with Crippen molar-refractivity contribution in [1.29, 1.82) is 10.5 Å². The summed E-state index contributed by atoms with van der Waals surface area (Å²) < 4.78 is 10.1. The van der Waals surface area contributed by atoms with Gasteiger partial charge < -0.3 is 9.47 Å². The van der Waals surface area contributed by atoms with Crippen LogP contribution in [0.5, 0.6) is 11.5 Å². The van der Waals surface area contributed by atoms with E-state index < -0.39 is 11.7 Å². The molecule has 0 unspecified atom stereocenters. The number of rotatable bonds is 4. The van der Waals surface area contributed by atoms with Crippen molar-refractivity contribution in [2.24, 2.45) is 5.92 Å². The molecule has 0 aromatic heterocycles. The number of ketones is 1. The lowest BCUT2D eigenvalue weighted by Crippen LogP contribution is -2.12. The van der Waals surface area contributed by atoms with Crippen LogP contribution < -0.4 is 9.47 Å². The molecule has 0 fully saturated rings. The smallest absolute Gasteiger partial charge is 0.198 e. The Morgan fingerprint density at radius 2 is 1.88 bits per heavy atom. The molecule has 0 aliphatic rings. The third-order valence-electron chi connectivity index (χ3n) is 2.19. The fourth-order valence-electron chi connectivity index (χ4n) is 1.38. The van der Waals surface area contributed by atoms with Crippen molar-refractivity contribution in [1.82, 2.24) is 0 Å². The molecule has 0 aliphatic heterocycles. The predicted octanol–water partition coefficient (Wildman–Crippen LogP) is 1.55. The number of carbonyl (C=O) groups excluding carboxylic acids is 1. The molecule has 5 nitrogen and oxygen atoms in total. The zero-order valence-electron chi connectivity index (χ0n) is 9.43. The SMILES string of the molecule is COc1cccc(C(=O)C(C#N)C#N)c1OC. The molecule has 0 amide bonds. The lowest BCUT2D eigenvalue weighted by Gasteiger charge is -2.11. The highest BCUT2D eigenvalue weighted by Gasteiger charge is 2.24. The van der Waals surface area contributed by atoms with Crippen molar-refractivity contribution in [3.8, 4) is 23.6 Å². The minimum absolute atomic E-state index is 0.167. The number of nitriles is 2. The quantitative estimate of drug-likeness (QED) is 0.733. The first-order valence-electron chi connectivity index (χ1n) is 4.74. The third kappa shape index (κ3) is 2.35. The Labute approximate surface area is 98.8 Å². The molecular formula is C12H10N2O3. The lowest BCUT2D eigenvalue weighted by molar-refractivity contribution is 0.0967. The summed E-state index contributed by atoms with van der Waals surface area (Å²) in [6, 6.07) is 7.98. The van der Waals surface area contributed by atoms with Gasteiger partial charge in [-0.25, -0.2) is 0 Å². The van der Waals surface area contributed by atoms with Gasteiger partial charge in [0.25, 0.3) is 0 Å². The van der Waals surface area contributed by atoms with Crippen molar-refractivity contribution < 1.29 is 14.3 Å². The summed E-state index contributed by atoms with van der Waals surface area (Å²) in [4.78, 5) is 11.9. The molecule has 0 atom stereocenters. The normalized spacial score (nSPS) is 9.24. The Balaban J connectivity index is 3.28. The first kappa shape index (κ1) is 12.5. The van der Waals surface area contributed by atoms with Gasteiger partial charge in [0.2, 0.25) is 0 Å². The molecule has 1 aromatic carbocycles. The number of methoxy groups -OCH3 is 2. The summed E-state index contributed by atoms with van der Waals surface area (Å²) >= 11 is 0. The molecule has 0 aliphatic carbocycles. The predicted molar refractivity (Wildman–Crippen MR) is 58.6 cm³/mol. The molecule has 0 N–H and O–H groups in total. The standard InChI is InChI=1S/C12H10N2O3/c1-16-10-5-3-4-9(12(10)17-2)11(15)8(6-13)7-14/h3-5,8H,1-2H3. The van der Waals surface area contributed by atoms with Crippen LogP contribution in [0.1, 0.15) is 10.4 Å². The van der Waals surface area contributed by atoms with Crippen molar-refractivity contribution >= 4 is 5.78 Å². The van der Waals surface area contributed by atoms with Crippen molar-refractivity contribution in [2.45, 2.75) is 0 Å². The maximum atomic E-state index is 11.9. The first-order chi connectivity index (χ1) is 8.19. The number of Topliss-reactive ketones (excluding diaryl/α,β-unsaturated/α-hetero) is 1. The summed E-state index contributed by atoms with van der Waals surface area (Å²) in [5.41, 5.74) is 0.167. The molecule has 0 saturated carbocycles. The Bertz CT molecular complexity index is 497. The number of hydrogen-bond donors (Lipinski definition) is 0. The minimum Gasteiger partial charge on any atom is -0.493 e. The monoisotopic (exact) mass is 230 g/mol. The van der Waals surface area contributed by atoms with E-state index in [0.29, 0.717) is 5.75 Å². The molecule has 0 bridgehead atoms. The van der Waals surface area contributed by atoms with Crippen molar-refractivity contribution in [3.63, 3.8) is 0 Å². The van der Waals surface area contributed by atoms with Gasteiger partial charge in [0.15, 0.2) is 23.2 Å². The second-order valence-electron chi connectivity index (χ2n) is 3.10. The lowest BCUT2D eigenvalue weighted by atomic mass is 9.99. The topological polar surface area (TPSA) is 83.1 Å². The fraction of sp³-hybridized carbons (Fsp3) is 0.250. The van der Waals surface area contributed by atoms with Crippen LogP contribution in [0.3, 0.4) is 0 Å². The summed E-state index contributed by atoms with van der Waals surface area (Å²) in [6.07, 6.45) is 0. The van der Waals surface area contributed by atoms with Gasteiger partial charge in [0.05, 0.1) is 31.9 Å². The van der Waals surface area contributed by atoms with Gasteiger partial charge in [-0.3, -0.25) is 4.79 Å². The van der Waals surface area contributed by atoms with Crippen LogP contribution in [0.25, 0.3) is 0 Å². The van der Waals surface area contributed by atoms with Gasteiger partial charge >= 0.3 is 0 Å². The average Bonchev–Trinajstić information content (AvgIpc) is 2.38. The van der Waals surface area contributed by atoms with Crippen LogP contribution >= 0.6 is 0 Å². The van der Waals surface area contributed by atoms with Crippen LogP contribution in [-0.2, 0) is 0 Å². The molecular weight excluding hydrogens is 220 g/mol. The van der Waals surface area contributed by atoms with E-state index >= 15 is 0 Å². The average molecular weight is 230 g/mol. The molecule has 0 spiro atoms. The van der Waals surface area contributed by atoms with Gasteiger partial charge in [0, 0.05) is 0 Å². The zero-order valence-corrected chi connectivity index (χ0v) is 9.43. The van der Waals surface area contributed by atoms with Crippen molar-refractivity contribution in [2.75, 3.05) is 14.2 Å². The highest BCUT2D eigenvalue weighted by atomic mass is 16.5. The van der Waals surface area contributed by atoms with E-state index in [1.807, 2.05) is 0 Å². The van der Waals surface area contributed by atoms with Gasteiger partial charge in [-0.1, -0.05) is 6.07 Å². The number of carbonyl (C=O) groups is 1. The Kier molecular flexibility index (Phi) is 4.08. The maximum Gasteiger partial charge on any atom is 0.198 e. The molecule has 1 aromatic rings. The Morgan fingerprint density at radius 1 is 1.24 bits per heavy atom. The minimum atomic E-state index is -1.34. The van der Waals surface area contributed by atoms with Crippen LogP contribution in [0, 0.1) is 28.6 Å². The van der Waals surface area contributed by atoms with Crippen LogP contribution in [0.4, 0.5) is 0 Å².